The predicted octanol–water partition coefficient (Wildman–Crippen LogP) is 26.6. The molecule has 0 aromatic heterocycles. The van der Waals surface area contributed by atoms with Gasteiger partial charge in [0, 0.05) is 25.7 Å². The molecule has 0 heterocycles. The van der Waals surface area contributed by atoms with Crippen molar-refractivity contribution in [1.82, 2.24) is 0 Å². The number of aliphatic hydroxyl groups is 1. The normalized spacial score (nSPS) is 13.8. The number of esters is 4. The number of carbonyl (C=O) groups is 4. The van der Waals surface area contributed by atoms with Gasteiger partial charge in [-0.05, 0) is 37.5 Å². The lowest BCUT2D eigenvalue weighted by atomic mass is 10.0. The number of rotatable bonds is 86. The zero-order valence-electron chi connectivity index (χ0n) is 69.7. The first-order valence-corrected chi connectivity index (χ1v) is 48.0. The van der Waals surface area contributed by atoms with Crippen LogP contribution in [-0.2, 0) is 65.4 Å². The van der Waals surface area contributed by atoms with Gasteiger partial charge in [0.25, 0.3) is 0 Å². The summed E-state index contributed by atoms with van der Waals surface area (Å²) in [7, 11) is -9.93. The Morgan fingerprint density at radius 1 is 0.255 bits per heavy atom. The van der Waals surface area contributed by atoms with Gasteiger partial charge in [0.05, 0.1) is 26.4 Å². The summed E-state index contributed by atoms with van der Waals surface area (Å²) in [5.74, 6) is -0.528. The first-order valence-electron chi connectivity index (χ1n) is 45.0. The molecule has 0 aliphatic rings. The summed E-state index contributed by atoms with van der Waals surface area (Å²) >= 11 is 0. The van der Waals surface area contributed by atoms with Gasteiger partial charge in [0.1, 0.15) is 19.3 Å². The number of phosphoric acid groups is 2. The van der Waals surface area contributed by atoms with Crippen LogP contribution in [0.5, 0.6) is 0 Å². The average molecular weight is 1550 g/mol. The van der Waals surface area contributed by atoms with E-state index in [-0.39, 0.29) is 25.7 Å². The lowest BCUT2D eigenvalue weighted by molar-refractivity contribution is -0.161. The number of hydrogen-bond donors (Lipinski definition) is 3. The Kier molecular flexibility index (Phi) is 76.9. The van der Waals surface area contributed by atoms with Crippen LogP contribution in [0.3, 0.4) is 0 Å². The van der Waals surface area contributed by atoms with Gasteiger partial charge >= 0.3 is 39.5 Å². The lowest BCUT2D eigenvalue weighted by Crippen LogP contribution is -2.30. The Labute approximate surface area is 651 Å². The van der Waals surface area contributed by atoms with Crippen LogP contribution in [0.2, 0.25) is 0 Å². The van der Waals surface area contributed by atoms with Crippen molar-refractivity contribution in [3.8, 4) is 0 Å². The van der Waals surface area contributed by atoms with Crippen LogP contribution in [0.25, 0.3) is 0 Å². The molecule has 0 aliphatic carbocycles. The standard InChI is InChI=1S/C87H170O17P2/c1-7-9-11-13-15-17-19-21-22-23-24-25-29-32-35-39-46-52-58-64-70-85(90)98-75-82(103-86(91)71-65-59-53-47-40-36-33-30-27-26-28-31-34-37-43-49-55-61-67-79(3)4)77-101-105(93,94)99-73-81(88)74-100-106(95,96)102-78-83(76-97-84(89)69-63-57-51-45-38-20-18-16-14-12-10-8-2)104-87(92)72-66-60-54-48-42-41-44-50-56-62-68-80(5)6/h79-83,88H,7-78H2,1-6H3,(H,93,94)(H,95,96)/t81-,82-,83-/m1/s1. The molecule has 630 valence electrons. The molecule has 0 spiro atoms. The first kappa shape index (κ1) is 104. The molecule has 0 fully saturated rings. The second-order valence-corrected chi connectivity index (χ2v) is 35.1. The minimum atomic E-state index is -4.97. The molecule has 0 aromatic rings. The summed E-state index contributed by atoms with van der Waals surface area (Å²) in [6.45, 7) is 9.70. The van der Waals surface area contributed by atoms with E-state index in [4.69, 9.17) is 37.0 Å². The SMILES string of the molecule is CCCCCCCCCCCCCCCCCCCCCCC(=O)OC[C@H](COP(=O)(O)OC[C@@H](O)COP(=O)(O)OC[C@@H](COC(=O)CCCCCCCCCCCCCC)OC(=O)CCCCCCCCCCCCC(C)C)OC(=O)CCCCCCCCCCCCCCCCCCCCC(C)C. The number of carbonyl (C=O) groups excluding carboxylic acids is 4. The number of aliphatic hydroxyl groups excluding tert-OH is 1. The molecule has 0 aliphatic heterocycles. The first-order chi connectivity index (χ1) is 51.4. The Bertz CT molecular complexity index is 2030. The summed E-state index contributed by atoms with van der Waals surface area (Å²) in [6.07, 6.45) is 70.9. The molecule has 0 amide bonds. The molecular weight excluding hydrogens is 1380 g/mol. The molecule has 19 heteroatoms. The molecule has 2 unspecified atom stereocenters. The van der Waals surface area contributed by atoms with Crippen molar-refractivity contribution in [2.45, 2.75) is 484 Å². The highest BCUT2D eigenvalue weighted by molar-refractivity contribution is 7.47. The van der Waals surface area contributed by atoms with E-state index in [1.165, 1.54) is 283 Å². The van der Waals surface area contributed by atoms with Crippen LogP contribution in [0.4, 0.5) is 0 Å². The van der Waals surface area contributed by atoms with E-state index < -0.39 is 97.5 Å². The average Bonchev–Trinajstić information content (AvgIpc) is 0.900. The largest absolute Gasteiger partial charge is 0.472 e. The van der Waals surface area contributed by atoms with E-state index in [9.17, 15) is 43.2 Å². The van der Waals surface area contributed by atoms with Gasteiger partial charge in [-0.25, -0.2) is 9.13 Å². The van der Waals surface area contributed by atoms with Crippen LogP contribution in [0.1, 0.15) is 465 Å². The minimum absolute atomic E-state index is 0.107. The zero-order valence-corrected chi connectivity index (χ0v) is 71.5. The smallest absolute Gasteiger partial charge is 0.462 e. The van der Waals surface area contributed by atoms with E-state index in [1.54, 1.807) is 0 Å². The maximum absolute atomic E-state index is 13.2. The third-order valence-corrected chi connectivity index (χ3v) is 22.4. The van der Waals surface area contributed by atoms with Crippen molar-refractivity contribution in [2.24, 2.45) is 11.8 Å². The van der Waals surface area contributed by atoms with Gasteiger partial charge in [-0.15, -0.1) is 0 Å². The fourth-order valence-corrected chi connectivity index (χ4v) is 15.2. The number of unbranched alkanes of at least 4 members (excludes halogenated alkanes) is 56. The van der Waals surface area contributed by atoms with Gasteiger partial charge < -0.3 is 33.8 Å². The highest BCUT2D eigenvalue weighted by Crippen LogP contribution is 2.45. The second-order valence-electron chi connectivity index (χ2n) is 32.2. The highest BCUT2D eigenvalue weighted by Gasteiger charge is 2.30. The molecule has 0 saturated heterocycles. The van der Waals surface area contributed by atoms with Crippen molar-refractivity contribution in [2.75, 3.05) is 39.6 Å². The highest BCUT2D eigenvalue weighted by atomic mass is 31.2. The molecule has 0 rings (SSSR count). The third-order valence-electron chi connectivity index (χ3n) is 20.5. The summed E-state index contributed by atoms with van der Waals surface area (Å²) < 4.78 is 68.9. The van der Waals surface area contributed by atoms with Crippen molar-refractivity contribution >= 4 is 39.5 Å². The van der Waals surface area contributed by atoms with E-state index >= 15 is 0 Å². The Morgan fingerprint density at radius 3 is 0.642 bits per heavy atom. The Morgan fingerprint density at radius 2 is 0.434 bits per heavy atom. The van der Waals surface area contributed by atoms with E-state index in [2.05, 4.69) is 41.5 Å². The van der Waals surface area contributed by atoms with Gasteiger partial charge in [0.2, 0.25) is 0 Å². The quantitative estimate of drug-likeness (QED) is 0.0222. The van der Waals surface area contributed by atoms with Crippen LogP contribution in [0, 0.1) is 11.8 Å². The maximum atomic E-state index is 13.2. The number of hydrogen-bond acceptors (Lipinski definition) is 15. The fourth-order valence-electron chi connectivity index (χ4n) is 13.6. The van der Waals surface area contributed by atoms with Crippen molar-refractivity contribution in [3.05, 3.63) is 0 Å². The molecule has 106 heavy (non-hydrogen) atoms. The van der Waals surface area contributed by atoms with Crippen LogP contribution < -0.4 is 0 Å². The Balaban J connectivity index is 5.23. The number of ether oxygens (including phenoxy) is 4. The van der Waals surface area contributed by atoms with E-state index in [0.717, 1.165) is 102 Å². The zero-order chi connectivity index (χ0) is 77.8. The molecule has 17 nitrogen and oxygen atoms in total. The van der Waals surface area contributed by atoms with Crippen molar-refractivity contribution in [3.63, 3.8) is 0 Å². The molecule has 0 saturated carbocycles. The molecule has 0 radical (unpaired) electrons. The summed E-state index contributed by atoms with van der Waals surface area (Å²) in [5.41, 5.74) is 0. The summed E-state index contributed by atoms with van der Waals surface area (Å²) in [5, 5.41) is 10.7. The van der Waals surface area contributed by atoms with Crippen LogP contribution in [0.15, 0.2) is 0 Å². The summed E-state index contributed by atoms with van der Waals surface area (Å²) in [6, 6.07) is 0. The second kappa shape index (κ2) is 78.3. The molecular formula is C87H170O17P2. The van der Waals surface area contributed by atoms with E-state index in [0.29, 0.717) is 25.7 Å². The van der Waals surface area contributed by atoms with E-state index in [1.807, 2.05) is 0 Å². The molecule has 0 bridgehead atoms. The predicted molar refractivity (Wildman–Crippen MR) is 437 cm³/mol. The van der Waals surface area contributed by atoms with Crippen LogP contribution >= 0.6 is 15.6 Å². The molecule has 5 atom stereocenters. The Hall–Kier alpha value is -1.94. The summed E-state index contributed by atoms with van der Waals surface area (Å²) in [4.78, 5) is 73.2. The minimum Gasteiger partial charge on any atom is -0.462 e. The van der Waals surface area contributed by atoms with Crippen LogP contribution in [-0.4, -0.2) is 96.7 Å². The fraction of sp³-hybridized carbons (Fsp3) is 0.954. The van der Waals surface area contributed by atoms with Gasteiger partial charge in [0.15, 0.2) is 12.2 Å². The van der Waals surface area contributed by atoms with Gasteiger partial charge in [-0.2, -0.15) is 0 Å². The molecule has 0 aromatic carbocycles. The monoisotopic (exact) mass is 1550 g/mol. The molecule has 3 N–H and O–H groups in total. The van der Waals surface area contributed by atoms with Gasteiger partial charge in [-0.3, -0.25) is 37.3 Å². The topological polar surface area (TPSA) is 237 Å². The van der Waals surface area contributed by atoms with Gasteiger partial charge in [-0.1, -0.05) is 414 Å². The lowest BCUT2D eigenvalue weighted by Gasteiger charge is -2.21. The number of phosphoric ester groups is 2. The van der Waals surface area contributed by atoms with Crippen molar-refractivity contribution in [1.29, 1.82) is 0 Å². The third kappa shape index (κ3) is 80.1. The maximum Gasteiger partial charge on any atom is 0.472 e. The van der Waals surface area contributed by atoms with Crippen molar-refractivity contribution < 1.29 is 80.2 Å².